The third-order valence-electron chi connectivity index (χ3n) is 3.18. The van der Waals surface area contributed by atoms with Gasteiger partial charge in [0.1, 0.15) is 0 Å². The predicted molar refractivity (Wildman–Crippen MR) is 66.9 cm³/mol. The van der Waals surface area contributed by atoms with Crippen LogP contribution in [0.2, 0.25) is 0 Å². The Morgan fingerprint density at radius 2 is 2.06 bits per heavy atom. The molecule has 0 spiro atoms. The Bertz CT molecular complexity index is 290. The Labute approximate surface area is 99.5 Å². The van der Waals surface area contributed by atoms with Gasteiger partial charge in [-0.1, -0.05) is 20.3 Å². The molecule has 96 valence electrons. The Morgan fingerprint density at radius 1 is 1.31 bits per heavy atom. The zero-order valence-corrected chi connectivity index (χ0v) is 11.2. The number of rotatable bonds is 7. The topological polar surface area (TPSA) is 49.4 Å². The van der Waals surface area contributed by atoms with Crippen molar-refractivity contribution in [2.45, 2.75) is 33.1 Å². The van der Waals surface area contributed by atoms with Crippen molar-refractivity contribution >= 4 is 10.0 Å². The lowest BCUT2D eigenvalue weighted by Gasteiger charge is -2.16. The second kappa shape index (κ2) is 6.57. The number of hydrogen-bond acceptors (Lipinski definition) is 3. The van der Waals surface area contributed by atoms with Gasteiger partial charge < -0.3 is 5.32 Å². The zero-order chi connectivity index (χ0) is 12.0. The molecule has 0 radical (unpaired) electrons. The summed E-state index contributed by atoms with van der Waals surface area (Å²) in [5, 5.41) is 3.13. The van der Waals surface area contributed by atoms with Crippen LogP contribution in [0.4, 0.5) is 0 Å². The molecule has 4 nitrogen and oxygen atoms in total. The molecule has 5 heteroatoms. The molecule has 0 saturated carbocycles. The highest BCUT2D eigenvalue weighted by Gasteiger charge is 2.29. The van der Waals surface area contributed by atoms with Crippen LogP contribution in [-0.4, -0.2) is 44.7 Å². The van der Waals surface area contributed by atoms with Crippen molar-refractivity contribution in [2.75, 3.05) is 31.9 Å². The molecule has 1 atom stereocenters. The molecule has 1 saturated heterocycles. The van der Waals surface area contributed by atoms with Gasteiger partial charge in [-0.25, -0.2) is 12.7 Å². The van der Waals surface area contributed by atoms with Crippen molar-refractivity contribution in [3.63, 3.8) is 0 Å². The molecule has 1 aliphatic rings. The highest BCUT2D eigenvalue weighted by atomic mass is 32.2. The van der Waals surface area contributed by atoms with E-state index >= 15 is 0 Å². The van der Waals surface area contributed by atoms with Crippen molar-refractivity contribution in [2.24, 2.45) is 5.92 Å². The van der Waals surface area contributed by atoms with Crippen LogP contribution in [0.5, 0.6) is 0 Å². The lowest BCUT2D eigenvalue weighted by Crippen LogP contribution is -2.35. The number of sulfonamides is 1. The Kier molecular flexibility index (Phi) is 5.72. The average molecular weight is 248 g/mol. The van der Waals surface area contributed by atoms with Crippen LogP contribution in [0.1, 0.15) is 33.1 Å². The van der Waals surface area contributed by atoms with Crippen LogP contribution < -0.4 is 5.32 Å². The molecule has 0 aromatic heterocycles. The fraction of sp³-hybridized carbons (Fsp3) is 1.00. The van der Waals surface area contributed by atoms with E-state index in [1.165, 1.54) is 0 Å². The summed E-state index contributed by atoms with van der Waals surface area (Å²) in [4.78, 5) is 0. The van der Waals surface area contributed by atoms with Gasteiger partial charge >= 0.3 is 0 Å². The third kappa shape index (κ3) is 4.03. The number of hydrogen-bond donors (Lipinski definition) is 1. The maximum Gasteiger partial charge on any atom is 0.215 e. The first kappa shape index (κ1) is 13.9. The van der Waals surface area contributed by atoms with Crippen molar-refractivity contribution in [3.05, 3.63) is 0 Å². The fourth-order valence-corrected chi connectivity index (χ4v) is 3.50. The lowest BCUT2D eigenvalue weighted by molar-refractivity contribution is 0.451. The van der Waals surface area contributed by atoms with Gasteiger partial charge in [-0.15, -0.1) is 0 Å². The summed E-state index contributed by atoms with van der Waals surface area (Å²) in [5.41, 5.74) is 0. The highest BCUT2D eigenvalue weighted by Crippen LogP contribution is 2.21. The standard InChI is InChI=1S/C11H24N2O2S/c1-3-6-12-7-9-16(14,15)13-8-5-11(4-2)10-13/h11-12H,3-10H2,1-2H3. The molecule has 1 fully saturated rings. The van der Waals surface area contributed by atoms with E-state index in [0.29, 0.717) is 19.0 Å². The van der Waals surface area contributed by atoms with E-state index in [4.69, 9.17) is 0 Å². The van der Waals surface area contributed by atoms with Gasteiger partial charge in [0.05, 0.1) is 5.75 Å². The summed E-state index contributed by atoms with van der Waals surface area (Å²) >= 11 is 0. The molecule has 0 bridgehead atoms. The van der Waals surface area contributed by atoms with E-state index in [1.807, 2.05) is 0 Å². The quantitative estimate of drug-likeness (QED) is 0.685. The number of nitrogens with zero attached hydrogens (tertiary/aromatic N) is 1. The summed E-state index contributed by atoms with van der Waals surface area (Å²) in [5.74, 6) is 0.807. The molecule has 1 heterocycles. The molecule has 16 heavy (non-hydrogen) atoms. The third-order valence-corrected chi connectivity index (χ3v) is 5.02. The van der Waals surface area contributed by atoms with Crippen LogP contribution in [0.15, 0.2) is 0 Å². The Hall–Kier alpha value is -0.130. The maximum absolute atomic E-state index is 11.9. The van der Waals surface area contributed by atoms with Gasteiger partial charge in [0.2, 0.25) is 10.0 Å². The van der Waals surface area contributed by atoms with Gasteiger partial charge in [0.15, 0.2) is 0 Å². The van der Waals surface area contributed by atoms with Crippen LogP contribution in [0.25, 0.3) is 0 Å². The second-order valence-electron chi connectivity index (χ2n) is 4.49. The SMILES string of the molecule is CCCNCCS(=O)(=O)N1CCC(CC)C1. The van der Waals surface area contributed by atoms with E-state index in [0.717, 1.165) is 32.4 Å². The van der Waals surface area contributed by atoms with Crippen LogP contribution in [0.3, 0.4) is 0 Å². The molecule has 0 aliphatic carbocycles. The van der Waals surface area contributed by atoms with Gasteiger partial charge in [0, 0.05) is 19.6 Å². The molecule has 0 aromatic carbocycles. The van der Waals surface area contributed by atoms with E-state index < -0.39 is 10.0 Å². The van der Waals surface area contributed by atoms with Gasteiger partial charge in [-0.05, 0) is 25.3 Å². The summed E-state index contributed by atoms with van der Waals surface area (Å²) in [7, 11) is -3.01. The van der Waals surface area contributed by atoms with E-state index in [1.54, 1.807) is 4.31 Å². The van der Waals surface area contributed by atoms with Crippen LogP contribution in [-0.2, 0) is 10.0 Å². The Balaban J connectivity index is 2.34. The van der Waals surface area contributed by atoms with E-state index in [9.17, 15) is 8.42 Å². The van der Waals surface area contributed by atoms with Crippen molar-refractivity contribution in [1.82, 2.24) is 9.62 Å². The van der Waals surface area contributed by atoms with Crippen molar-refractivity contribution < 1.29 is 8.42 Å². The zero-order valence-electron chi connectivity index (χ0n) is 10.4. The van der Waals surface area contributed by atoms with Gasteiger partial charge in [0.25, 0.3) is 0 Å². The highest BCUT2D eigenvalue weighted by molar-refractivity contribution is 7.89. The average Bonchev–Trinajstić information content (AvgIpc) is 2.73. The van der Waals surface area contributed by atoms with Crippen molar-refractivity contribution in [3.8, 4) is 0 Å². The fourth-order valence-electron chi connectivity index (χ4n) is 2.02. The largest absolute Gasteiger partial charge is 0.316 e. The molecular weight excluding hydrogens is 224 g/mol. The molecule has 0 aromatic rings. The van der Waals surface area contributed by atoms with Gasteiger partial charge in [-0.3, -0.25) is 0 Å². The minimum Gasteiger partial charge on any atom is -0.316 e. The first-order chi connectivity index (χ1) is 7.60. The van der Waals surface area contributed by atoms with Crippen molar-refractivity contribution in [1.29, 1.82) is 0 Å². The van der Waals surface area contributed by atoms with Crippen LogP contribution in [0, 0.1) is 5.92 Å². The summed E-state index contributed by atoms with van der Waals surface area (Å²) in [6, 6.07) is 0. The maximum atomic E-state index is 11.9. The van der Waals surface area contributed by atoms with E-state index in [-0.39, 0.29) is 5.75 Å². The van der Waals surface area contributed by atoms with Gasteiger partial charge in [-0.2, -0.15) is 0 Å². The first-order valence-electron chi connectivity index (χ1n) is 6.28. The monoisotopic (exact) mass is 248 g/mol. The first-order valence-corrected chi connectivity index (χ1v) is 7.89. The summed E-state index contributed by atoms with van der Waals surface area (Å²) < 4.78 is 25.5. The minimum atomic E-state index is -3.01. The van der Waals surface area contributed by atoms with E-state index in [2.05, 4.69) is 19.2 Å². The lowest BCUT2D eigenvalue weighted by atomic mass is 10.1. The minimum absolute atomic E-state index is 0.240. The smallest absolute Gasteiger partial charge is 0.215 e. The summed E-state index contributed by atoms with van der Waals surface area (Å²) in [6.45, 7) is 7.12. The number of nitrogens with one attached hydrogen (secondary N) is 1. The second-order valence-corrected chi connectivity index (χ2v) is 6.58. The normalized spacial score (nSPS) is 22.8. The molecular formula is C11H24N2O2S. The Morgan fingerprint density at radius 3 is 2.62 bits per heavy atom. The molecule has 0 amide bonds. The molecule has 1 unspecified atom stereocenters. The molecule has 1 N–H and O–H groups in total. The van der Waals surface area contributed by atoms with Crippen LogP contribution >= 0.6 is 0 Å². The molecule has 1 rings (SSSR count). The molecule has 1 aliphatic heterocycles. The predicted octanol–water partition coefficient (Wildman–Crippen LogP) is 1.05. The summed E-state index contributed by atoms with van der Waals surface area (Å²) in [6.07, 6.45) is 3.15.